The average molecular weight is 227 g/mol. The van der Waals surface area contributed by atoms with Crippen LogP contribution in [0.3, 0.4) is 0 Å². The molecule has 2 rings (SSSR count). The Labute approximate surface area is 94.4 Å². The lowest BCUT2D eigenvalue weighted by Crippen LogP contribution is -2.34. The molecule has 1 unspecified atom stereocenters. The number of hydrogen-bond donors (Lipinski definition) is 1. The normalized spacial score (nSPS) is 34.1. The Kier molecular flexibility index (Phi) is 3.25. The van der Waals surface area contributed by atoms with Crippen molar-refractivity contribution in [3.8, 4) is 0 Å². The molecule has 0 bridgehead atoms. The summed E-state index contributed by atoms with van der Waals surface area (Å²) in [5.41, 5.74) is 0. The van der Waals surface area contributed by atoms with Crippen molar-refractivity contribution in [3.05, 3.63) is 0 Å². The minimum Gasteiger partial charge on any atom is -0.465 e. The number of aliphatic hydroxyl groups excluding tert-OH is 1. The number of Topliss-reactive ketones (excluding diaryl/α,β-unsaturated/α-hetero) is 1. The lowest BCUT2D eigenvalue weighted by Gasteiger charge is -2.15. The average Bonchev–Trinajstić information content (AvgIpc) is 2.79. The largest absolute Gasteiger partial charge is 0.465 e. The number of aliphatic hydroxyl groups is 1. The molecule has 0 aliphatic carbocycles. The van der Waals surface area contributed by atoms with E-state index in [1.807, 2.05) is 4.90 Å². The van der Waals surface area contributed by atoms with Crippen LogP contribution in [0.2, 0.25) is 0 Å². The van der Waals surface area contributed by atoms with Crippen LogP contribution in [-0.4, -0.2) is 54.1 Å². The van der Waals surface area contributed by atoms with Crippen molar-refractivity contribution in [3.63, 3.8) is 0 Å². The van der Waals surface area contributed by atoms with Crippen LogP contribution < -0.4 is 0 Å². The van der Waals surface area contributed by atoms with Crippen molar-refractivity contribution in [1.29, 1.82) is 0 Å². The van der Waals surface area contributed by atoms with Gasteiger partial charge in [-0.2, -0.15) is 0 Å². The molecule has 5 nitrogen and oxygen atoms in total. The SMILES string of the molecule is CCOC(=O)C1CN2CC[C@@H](CO)[C@H]2C1=O. The van der Waals surface area contributed by atoms with Gasteiger partial charge in [-0.05, 0) is 19.9 Å². The molecule has 3 atom stereocenters. The summed E-state index contributed by atoms with van der Waals surface area (Å²) in [7, 11) is 0. The molecular weight excluding hydrogens is 210 g/mol. The molecule has 2 fully saturated rings. The molecule has 2 aliphatic heterocycles. The quantitative estimate of drug-likeness (QED) is 0.516. The fourth-order valence-corrected chi connectivity index (χ4v) is 2.70. The minimum absolute atomic E-state index is 0.00748. The highest BCUT2D eigenvalue weighted by Crippen LogP contribution is 2.33. The zero-order valence-corrected chi connectivity index (χ0v) is 9.39. The Bertz CT molecular complexity index is 304. The number of rotatable bonds is 3. The number of fused-ring (bicyclic) bond motifs is 1. The number of hydrogen-bond acceptors (Lipinski definition) is 5. The second kappa shape index (κ2) is 4.51. The highest BCUT2D eigenvalue weighted by molar-refractivity contribution is 6.04. The molecule has 0 spiro atoms. The first-order valence-electron chi connectivity index (χ1n) is 5.74. The maximum Gasteiger partial charge on any atom is 0.317 e. The number of esters is 1. The summed E-state index contributed by atoms with van der Waals surface area (Å²) in [5, 5.41) is 9.16. The van der Waals surface area contributed by atoms with Crippen molar-refractivity contribution in [1.82, 2.24) is 4.90 Å². The van der Waals surface area contributed by atoms with Crippen molar-refractivity contribution in [2.24, 2.45) is 11.8 Å². The molecule has 0 aromatic rings. The van der Waals surface area contributed by atoms with Gasteiger partial charge in [-0.15, -0.1) is 0 Å². The summed E-state index contributed by atoms with van der Waals surface area (Å²) in [4.78, 5) is 25.6. The van der Waals surface area contributed by atoms with E-state index in [9.17, 15) is 9.59 Å². The van der Waals surface area contributed by atoms with Crippen molar-refractivity contribution in [2.45, 2.75) is 19.4 Å². The van der Waals surface area contributed by atoms with E-state index < -0.39 is 11.9 Å². The maximum atomic E-state index is 12.0. The van der Waals surface area contributed by atoms with Gasteiger partial charge in [-0.3, -0.25) is 14.5 Å². The highest BCUT2D eigenvalue weighted by Gasteiger charge is 2.50. The lowest BCUT2D eigenvalue weighted by molar-refractivity contribution is -0.150. The third-order valence-electron chi connectivity index (χ3n) is 3.48. The predicted octanol–water partition coefficient (Wildman–Crippen LogP) is -0.569. The zero-order chi connectivity index (χ0) is 11.7. The van der Waals surface area contributed by atoms with E-state index in [4.69, 9.17) is 9.84 Å². The zero-order valence-electron chi connectivity index (χ0n) is 9.39. The Balaban J connectivity index is 2.07. The molecule has 0 amide bonds. The van der Waals surface area contributed by atoms with Gasteiger partial charge in [-0.1, -0.05) is 0 Å². The molecule has 0 saturated carbocycles. The van der Waals surface area contributed by atoms with E-state index in [0.29, 0.717) is 13.2 Å². The van der Waals surface area contributed by atoms with Crippen LogP contribution in [0.1, 0.15) is 13.3 Å². The van der Waals surface area contributed by atoms with E-state index in [-0.39, 0.29) is 24.3 Å². The van der Waals surface area contributed by atoms with Crippen LogP contribution in [0.15, 0.2) is 0 Å². The molecule has 90 valence electrons. The van der Waals surface area contributed by atoms with Gasteiger partial charge in [0, 0.05) is 19.1 Å². The molecule has 2 heterocycles. The van der Waals surface area contributed by atoms with Gasteiger partial charge in [0.25, 0.3) is 0 Å². The predicted molar refractivity (Wildman–Crippen MR) is 55.7 cm³/mol. The maximum absolute atomic E-state index is 12.0. The van der Waals surface area contributed by atoms with Crippen molar-refractivity contribution in [2.75, 3.05) is 26.3 Å². The molecule has 0 radical (unpaired) electrons. The standard InChI is InChI=1S/C11H17NO4/c1-2-16-11(15)8-5-12-4-3-7(6-13)9(12)10(8)14/h7-9,13H,2-6H2,1H3/t7-,8?,9-/m0/s1. The third-order valence-corrected chi connectivity index (χ3v) is 3.48. The van der Waals surface area contributed by atoms with Gasteiger partial charge < -0.3 is 9.84 Å². The number of ketones is 1. The van der Waals surface area contributed by atoms with Gasteiger partial charge in [0.2, 0.25) is 0 Å². The molecule has 5 heteroatoms. The van der Waals surface area contributed by atoms with Crippen LogP contribution in [0, 0.1) is 11.8 Å². The Hall–Kier alpha value is -0.940. The Morgan fingerprint density at radius 1 is 1.62 bits per heavy atom. The van der Waals surface area contributed by atoms with Crippen LogP contribution >= 0.6 is 0 Å². The van der Waals surface area contributed by atoms with Crippen LogP contribution in [-0.2, 0) is 14.3 Å². The minimum atomic E-state index is -0.640. The molecule has 0 aromatic carbocycles. The van der Waals surface area contributed by atoms with Gasteiger partial charge in [0.15, 0.2) is 5.78 Å². The molecule has 2 saturated heterocycles. The Morgan fingerprint density at radius 2 is 2.38 bits per heavy atom. The van der Waals surface area contributed by atoms with Gasteiger partial charge in [0.1, 0.15) is 5.92 Å². The summed E-state index contributed by atoms with van der Waals surface area (Å²) in [5.74, 6) is -1.14. The van der Waals surface area contributed by atoms with Crippen molar-refractivity contribution < 1.29 is 19.4 Å². The lowest BCUT2D eigenvalue weighted by atomic mass is 9.94. The molecule has 1 N–H and O–H groups in total. The van der Waals surface area contributed by atoms with E-state index in [2.05, 4.69) is 0 Å². The Morgan fingerprint density at radius 3 is 3.00 bits per heavy atom. The first kappa shape index (κ1) is 11.5. The number of carbonyl (C=O) groups excluding carboxylic acids is 2. The van der Waals surface area contributed by atoms with Crippen LogP contribution in [0.5, 0.6) is 0 Å². The second-order valence-electron chi connectivity index (χ2n) is 4.38. The number of carbonyl (C=O) groups is 2. The summed E-state index contributed by atoms with van der Waals surface area (Å²) in [6, 6.07) is -0.264. The monoisotopic (exact) mass is 227 g/mol. The molecule has 0 aromatic heterocycles. The van der Waals surface area contributed by atoms with Gasteiger partial charge in [0.05, 0.1) is 12.6 Å². The van der Waals surface area contributed by atoms with Gasteiger partial charge in [-0.25, -0.2) is 0 Å². The fraction of sp³-hybridized carbons (Fsp3) is 0.818. The van der Waals surface area contributed by atoms with E-state index in [1.165, 1.54) is 0 Å². The second-order valence-corrected chi connectivity index (χ2v) is 4.38. The third kappa shape index (κ3) is 1.74. The number of ether oxygens (including phenoxy) is 1. The van der Waals surface area contributed by atoms with E-state index in [1.54, 1.807) is 6.92 Å². The van der Waals surface area contributed by atoms with E-state index >= 15 is 0 Å². The summed E-state index contributed by atoms with van der Waals surface area (Å²) < 4.78 is 4.88. The first-order chi connectivity index (χ1) is 7.69. The summed E-state index contributed by atoms with van der Waals surface area (Å²) >= 11 is 0. The summed E-state index contributed by atoms with van der Waals surface area (Å²) in [6.07, 6.45) is 0.836. The highest BCUT2D eigenvalue weighted by atomic mass is 16.5. The van der Waals surface area contributed by atoms with Crippen molar-refractivity contribution >= 4 is 11.8 Å². The van der Waals surface area contributed by atoms with Gasteiger partial charge >= 0.3 is 5.97 Å². The first-order valence-corrected chi connectivity index (χ1v) is 5.74. The van der Waals surface area contributed by atoms with Crippen LogP contribution in [0.25, 0.3) is 0 Å². The number of nitrogens with zero attached hydrogens (tertiary/aromatic N) is 1. The molecule has 2 aliphatic rings. The smallest absolute Gasteiger partial charge is 0.317 e. The van der Waals surface area contributed by atoms with Crippen LogP contribution in [0.4, 0.5) is 0 Å². The fourth-order valence-electron chi connectivity index (χ4n) is 2.70. The topological polar surface area (TPSA) is 66.8 Å². The van der Waals surface area contributed by atoms with E-state index in [0.717, 1.165) is 13.0 Å². The molecule has 16 heavy (non-hydrogen) atoms. The summed E-state index contributed by atoms with van der Waals surface area (Å²) in [6.45, 7) is 3.30. The molecular formula is C11H17NO4.